The smallest absolute Gasteiger partial charge is 0.191 e. The number of hydrogen-bond donors (Lipinski definition) is 1. The molecule has 0 aliphatic carbocycles. The lowest BCUT2D eigenvalue weighted by Gasteiger charge is -2.32. The maximum Gasteiger partial charge on any atom is 0.191 e. The third kappa shape index (κ3) is 4.26. The van der Waals surface area contributed by atoms with E-state index in [0.717, 1.165) is 31.6 Å². The van der Waals surface area contributed by atoms with Crippen LogP contribution in [0.3, 0.4) is 0 Å². The van der Waals surface area contributed by atoms with Gasteiger partial charge in [-0.3, -0.25) is 9.89 Å². The number of hydrogen-bond acceptors (Lipinski definition) is 2. The summed E-state index contributed by atoms with van der Waals surface area (Å²) in [5.74, 6) is 1.31. The Labute approximate surface area is 154 Å². The van der Waals surface area contributed by atoms with E-state index < -0.39 is 0 Å². The number of rotatable bonds is 3. The lowest BCUT2D eigenvalue weighted by Crippen LogP contribution is -2.43. The van der Waals surface area contributed by atoms with Gasteiger partial charge in [-0.2, -0.15) is 0 Å². The molecule has 2 heterocycles. The fourth-order valence-electron chi connectivity index (χ4n) is 4.15. The van der Waals surface area contributed by atoms with Gasteiger partial charge in [-0.05, 0) is 62.4 Å². The largest absolute Gasteiger partial charge is 0.370 e. The lowest BCUT2D eigenvalue weighted by molar-refractivity contribution is 0.266. The molecule has 3 atom stereocenters. The van der Waals surface area contributed by atoms with E-state index in [-0.39, 0.29) is 16.9 Å². The van der Waals surface area contributed by atoms with E-state index in [4.69, 9.17) is 17.3 Å². The minimum absolute atomic E-state index is 0.156. The SMILES string of the molecule is CC1CCCN(C(N)=NCC2CCN(C)C2c2ccc(Cl)c(F)c2)C1. The standard InChI is InChI=1S/C19H28ClFN4/c1-13-4-3-8-25(12-13)19(22)23-11-15-7-9-24(2)18(15)14-5-6-16(20)17(21)10-14/h5-6,10,13,15,18H,3-4,7-9,11-12H2,1-2H3,(H2,22,23). The molecule has 0 saturated carbocycles. The Bertz CT molecular complexity index is 636. The Morgan fingerprint density at radius 2 is 2.16 bits per heavy atom. The minimum atomic E-state index is -0.358. The van der Waals surface area contributed by atoms with E-state index in [0.29, 0.717) is 24.3 Å². The summed E-state index contributed by atoms with van der Waals surface area (Å²) in [6.07, 6.45) is 3.48. The highest BCUT2D eigenvalue weighted by atomic mass is 35.5. The molecule has 0 amide bonds. The third-order valence-corrected chi connectivity index (χ3v) is 5.83. The molecule has 4 nitrogen and oxygen atoms in total. The van der Waals surface area contributed by atoms with Crippen molar-refractivity contribution in [1.29, 1.82) is 0 Å². The average Bonchev–Trinajstić information content (AvgIpc) is 2.96. The van der Waals surface area contributed by atoms with Crippen LogP contribution in [0.25, 0.3) is 0 Å². The lowest BCUT2D eigenvalue weighted by atomic mass is 9.94. The van der Waals surface area contributed by atoms with Crippen molar-refractivity contribution in [3.05, 3.63) is 34.6 Å². The normalized spacial score (nSPS) is 28.6. The quantitative estimate of drug-likeness (QED) is 0.657. The number of guanidine groups is 1. The van der Waals surface area contributed by atoms with Crippen molar-refractivity contribution >= 4 is 17.6 Å². The van der Waals surface area contributed by atoms with Crippen LogP contribution >= 0.6 is 11.6 Å². The molecule has 0 spiro atoms. The van der Waals surface area contributed by atoms with Crippen LogP contribution in [-0.4, -0.2) is 49.0 Å². The summed E-state index contributed by atoms with van der Waals surface area (Å²) in [5.41, 5.74) is 7.20. The highest BCUT2D eigenvalue weighted by molar-refractivity contribution is 6.30. The first-order valence-corrected chi connectivity index (χ1v) is 9.53. The number of likely N-dealkylation sites (tertiary alicyclic amines) is 2. The summed E-state index contributed by atoms with van der Waals surface area (Å²) in [6.45, 7) is 5.91. The van der Waals surface area contributed by atoms with Crippen LogP contribution < -0.4 is 5.73 Å². The molecule has 3 unspecified atom stereocenters. The zero-order valence-electron chi connectivity index (χ0n) is 15.1. The van der Waals surface area contributed by atoms with Gasteiger partial charge in [0.05, 0.1) is 5.02 Å². The van der Waals surface area contributed by atoms with E-state index in [1.165, 1.54) is 12.8 Å². The number of halogens is 2. The molecule has 25 heavy (non-hydrogen) atoms. The predicted octanol–water partition coefficient (Wildman–Crippen LogP) is 3.52. The van der Waals surface area contributed by atoms with Gasteiger partial charge < -0.3 is 10.6 Å². The first-order chi connectivity index (χ1) is 12.0. The summed E-state index contributed by atoms with van der Waals surface area (Å²) in [5, 5.41) is 0.169. The fraction of sp³-hybridized carbons (Fsp3) is 0.632. The monoisotopic (exact) mass is 366 g/mol. The van der Waals surface area contributed by atoms with Gasteiger partial charge in [0.1, 0.15) is 5.82 Å². The second-order valence-corrected chi connectivity index (χ2v) is 7.95. The van der Waals surface area contributed by atoms with Crippen LogP contribution in [0.15, 0.2) is 23.2 Å². The summed E-state index contributed by atoms with van der Waals surface area (Å²) in [4.78, 5) is 9.15. The first kappa shape index (κ1) is 18.5. The van der Waals surface area contributed by atoms with Gasteiger partial charge in [0, 0.05) is 25.7 Å². The van der Waals surface area contributed by atoms with Crippen molar-refractivity contribution in [2.45, 2.75) is 32.2 Å². The second-order valence-electron chi connectivity index (χ2n) is 7.54. The highest BCUT2D eigenvalue weighted by Gasteiger charge is 2.33. The summed E-state index contributed by atoms with van der Waals surface area (Å²) < 4.78 is 13.9. The van der Waals surface area contributed by atoms with E-state index in [1.807, 2.05) is 6.07 Å². The number of benzene rings is 1. The van der Waals surface area contributed by atoms with Crippen LogP contribution in [0.1, 0.15) is 37.8 Å². The van der Waals surface area contributed by atoms with Gasteiger partial charge in [-0.25, -0.2) is 4.39 Å². The molecule has 1 aromatic carbocycles. The van der Waals surface area contributed by atoms with E-state index >= 15 is 0 Å². The van der Waals surface area contributed by atoms with Gasteiger partial charge in [-0.15, -0.1) is 0 Å². The topological polar surface area (TPSA) is 44.9 Å². The summed E-state index contributed by atoms with van der Waals surface area (Å²) in [6, 6.07) is 5.27. The minimum Gasteiger partial charge on any atom is -0.370 e. The second kappa shape index (κ2) is 7.92. The molecule has 2 saturated heterocycles. The van der Waals surface area contributed by atoms with E-state index in [2.05, 4.69) is 28.8 Å². The Hall–Kier alpha value is -1.33. The Morgan fingerprint density at radius 3 is 2.88 bits per heavy atom. The van der Waals surface area contributed by atoms with Crippen molar-refractivity contribution in [2.75, 3.05) is 33.2 Å². The van der Waals surface area contributed by atoms with Gasteiger partial charge in [0.2, 0.25) is 0 Å². The average molecular weight is 367 g/mol. The van der Waals surface area contributed by atoms with Crippen LogP contribution in [0, 0.1) is 17.7 Å². The van der Waals surface area contributed by atoms with Gasteiger partial charge in [0.25, 0.3) is 0 Å². The molecule has 0 aromatic heterocycles. The fourth-order valence-corrected chi connectivity index (χ4v) is 4.27. The van der Waals surface area contributed by atoms with Crippen LogP contribution in [-0.2, 0) is 0 Å². The predicted molar refractivity (Wildman–Crippen MR) is 101 cm³/mol. The Kier molecular flexibility index (Phi) is 5.85. The Morgan fingerprint density at radius 1 is 1.36 bits per heavy atom. The number of nitrogens with two attached hydrogens (primary N) is 1. The highest BCUT2D eigenvalue weighted by Crippen LogP contribution is 2.37. The molecule has 2 aliphatic heterocycles. The Balaban J connectivity index is 1.70. The molecule has 0 bridgehead atoms. The molecular weight excluding hydrogens is 339 g/mol. The number of aliphatic imine (C=N–C) groups is 1. The third-order valence-electron chi connectivity index (χ3n) is 5.53. The van der Waals surface area contributed by atoms with Gasteiger partial charge in [0.15, 0.2) is 5.96 Å². The molecular formula is C19H28ClFN4. The van der Waals surface area contributed by atoms with Gasteiger partial charge in [-0.1, -0.05) is 24.6 Å². The first-order valence-electron chi connectivity index (χ1n) is 9.15. The van der Waals surface area contributed by atoms with Crippen LogP contribution in [0.4, 0.5) is 4.39 Å². The van der Waals surface area contributed by atoms with Crippen LogP contribution in [0.2, 0.25) is 5.02 Å². The van der Waals surface area contributed by atoms with E-state index in [9.17, 15) is 4.39 Å². The number of piperidine rings is 1. The molecule has 2 N–H and O–H groups in total. The van der Waals surface area contributed by atoms with Gasteiger partial charge >= 0.3 is 0 Å². The van der Waals surface area contributed by atoms with Crippen LogP contribution in [0.5, 0.6) is 0 Å². The summed E-state index contributed by atoms with van der Waals surface area (Å²) in [7, 11) is 2.08. The molecule has 6 heteroatoms. The number of nitrogens with zero attached hydrogens (tertiary/aromatic N) is 3. The summed E-state index contributed by atoms with van der Waals surface area (Å²) >= 11 is 5.83. The molecule has 1 aromatic rings. The van der Waals surface area contributed by atoms with E-state index in [1.54, 1.807) is 12.1 Å². The molecule has 3 rings (SSSR count). The van der Waals surface area contributed by atoms with Crippen molar-refractivity contribution in [3.63, 3.8) is 0 Å². The molecule has 0 radical (unpaired) electrons. The van der Waals surface area contributed by atoms with Crippen molar-refractivity contribution in [3.8, 4) is 0 Å². The zero-order chi connectivity index (χ0) is 18.0. The molecule has 2 aliphatic rings. The molecule has 138 valence electrons. The maximum absolute atomic E-state index is 13.9. The van der Waals surface area contributed by atoms with Crippen molar-refractivity contribution < 1.29 is 4.39 Å². The molecule has 2 fully saturated rings. The zero-order valence-corrected chi connectivity index (χ0v) is 15.8. The van der Waals surface area contributed by atoms with Crippen molar-refractivity contribution in [2.24, 2.45) is 22.6 Å². The van der Waals surface area contributed by atoms with Crippen molar-refractivity contribution in [1.82, 2.24) is 9.80 Å². The maximum atomic E-state index is 13.9.